The monoisotopic (exact) mass is 555 g/mol. The molecule has 1 aliphatic rings. The number of carbonyl (C=O) groups excluding carboxylic acids is 2. The third-order valence-corrected chi connectivity index (χ3v) is 6.89. The average Bonchev–Trinajstić information content (AvgIpc) is 2.99. The molecule has 206 valence electrons. The number of thiophene rings is 1. The van der Waals surface area contributed by atoms with Gasteiger partial charge in [0.1, 0.15) is 10.4 Å². The Kier molecular flexibility index (Phi) is 7.38. The van der Waals surface area contributed by atoms with Crippen molar-refractivity contribution in [1.29, 1.82) is 0 Å². The van der Waals surface area contributed by atoms with E-state index >= 15 is 0 Å². The highest BCUT2D eigenvalue weighted by Gasteiger charge is 2.48. The second kappa shape index (κ2) is 9.61. The fraction of sp³-hybridized carbons (Fsp3) is 0.619. The number of urea groups is 1. The molecule has 1 aliphatic carbocycles. The molecule has 0 atom stereocenters. The fourth-order valence-electron chi connectivity index (χ4n) is 3.86. The molecule has 37 heavy (non-hydrogen) atoms. The molecule has 1 fully saturated rings. The quantitative estimate of drug-likeness (QED) is 0.429. The summed E-state index contributed by atoms with van der Waals surface area (Å²) >= 11 is 0.754. The van der Waals surface area contributed by atoms with E-state index in [9.17, 15) is 41.1 Å². The lowest BCUT2D eigenvalue weighted by molar-refractivity contribution is -0.136. The number of nitrogens with two attached hydrogens (primary N) is 1. The SMILES string of the molecule is Cc1c(CN(NC(=O)OC(C)(C)C)C(N)=O)sc2c1c(=O)n(C1CC(F)(F)C1)c(=O)n2CCC(F)(F)F. The van der Waals surface area contributed by atoms with E-state index in [0.29, 0.717) is 9.58 Å². The number of hydrazine groups is 1. The van der Waals surface area contributed by atoms with Crippen LogP contribution in [0, 0.1) is 6.92 Å². The van der Waals surface area contributed by atoms with Crippen molar-refractivity contribution in [3.8, 4) is 0 Å². The van der Waals surface area contributed by atoms with E-state index in [1.807, 2.05) is 0 Å². The number of hydrogen-bond donors (Lipinski definition) is 2. The van der Waals surface area contributed by atoms with Crippen LogP contribution in [0.15, 0.2) is 9.59 Å². The highest BCUT2D eigenvalue weighted by atomic mass is 32.1. The molecule has 0 unspecified atom stereocenters. The van der Waals surface area contributed by atoms with Crippen molar-refractivity contribution in [2.45, 2.75) is 83.8 Å². The van der Waals surface area contributed by atoms with E-state index in [0.717, 1.165) is 15.9 Å². The van der Waals surface area contributed by atoms with Gasteiger partial charge < -0.3 is 10.5 Å². The van der Waals surface area contributed by atoms with Gasteiger partial charge in [-0.3, -0.25) is 13.9 Å². The molecule has 0 radical (unpaired) electrons. The second-order valence-electron chi connectivity index (χ2n) is 9.76. The van der Waals surface area contributed by atoms with Crippen molar-refractivity contribution in [1.82, 2.24) is 19.6 Å². The van der Waals surface area contributed by atoms with Crippen molar-refractivity contribution in [3.05, 3.63) is 31.3 Å². The lowest BCUT2D eigenvalue weighted by Gasteiger charge is -2.35. The van der Waals surface area contributed by atoms with Crippen LogP contribution in [0.3, 0.4) is 0 Å². The molecule has 3 amide bonds. The molecule has 16 heteroatoms. The third kappa shape index (κ3) is 6.40. The first-order valence-corrected chi connectivity index (χ1v) is 11.9. The van der Waals surface area contributed by atoms with Gasteiger partial charge in [0.05, 0.1) is 24.4 Å². The predicted octanol–water partition coefficient (Wildman–Crippen LogP) is 3.78. The van der Waals surface area contributed by atoms with Crippen LogP contribution in [0.5, 0.6) is 0 Å². The van der Waals surface area contributed by atoms with Gasteiger partial charge in [-0.25, -0.2) is 33.6 Å². The van der Waals surface area contributed by atoms with Crippen LogP contribution in [-0.4, -0.2) is 44.0 Å². The maximum Gasteiger partial charge on any atom is 0.426 e. The largest absolute Gasteiger partial charge is 0.443 e. The van der Waals surface area contributed by atoms with Gasteiger partial charge in [-0.15, -0.1) is 11.3 Å². The second-order valence-corrected chi connectivity index (χ2v) is 10.8. The normalized spacial score (nSPS) is 15.9. The summed E-state index contributed by atoms with van der Waals surface area (Å²) in [5, 5.41) is 0.535. The van der Waals surface area contributed by atoms with Crippen molar-refractivity contribution in [3.63, 3.8) is 0 Å². The molecule has 0 aliphatic heterocycles. The van der Waals surface area contributed by atoms with Gasteiger partial charge in [0.15, 0.2) is 0 Å². The number of aromatic nitrogens is 2. The lowest BCUT2D eigenvalue weighted by Crippen LogP contribution is -2.49. The number of amides is 3. The first-order chi connectivity index (χ1) is 16.8. The van der Waals surface area contributed by atoms with E-state index < -0.39 is 79.5 Å². The first-order valence-electron chi connectivity index (χ1n) is 11.1. The molecule has 0 spiro atoms. The highest BCUT2D eigenvalue weighted by Crippen LogP contribution is 2.44. The Morgan fingerprint density at radius 2 is 1.81 bits per heavy atom. The van der Waals surface area contributed by atoms with Crippen LogP contribution in [0.25, 0.3) is 10.2 Å². The Morgan fingerprint density at radius 1 is 1.22 bits per heavy atom. The minimum Gasteiger partial charge on any atom is -0.443 e. The van der Waals surface area contributed by atoms with Gasteiger partial charge in [0.2, 0.25) is 0 Å². The number of ether oxygens (including phenoxy) is 1. The molecule has 3 rings (SSSR count). The summed E-state index contributed by atoms with van der Waals surface area (Å²) in [5.41, 5.74) is 4.74. The smallest absolute Gasteiger partial charge is 0.426 e. The Morgan fingerprint density at radius 3 is 2.30 bits per heavy atom. The van der Waals surface area contributed by atoms with Crippen LogP contribution < -0.4 is 22.4 Å². The van der Waals surface area contributed by atoms with Gasteiger partial charge in [-0.05, 0) is 33.3 Å². The third-order valence-electron chi connectivity index (χ3n) is 5.59. The zero-order chi connectivity index (χ0) is 28.1. The van der Waals surface area contributed by atoms with Crippen LogP contribution in [-0.2, 0) is 17.8 Å². The van der Waals surface area contributed by atoms with E-state index in [-0.39, 0.29) is 20.7 Å². The summed E-state index contributed by atoms with van der Waals surface area (Å²) in [6.07, 6.45) is -8.64. The van der Waals surface area contributed by atoms with Crippen molar-refractivity contribution in [2.75, 3.05) is 0 Å². The van der Waals surface area contributed by atoms with Gasteiger partial charge in [0.25, 0.3) is 11.5 Å². The van der Waals surface area contributed by atoms with Crippen LogP contribution in [0.2, 0.25) is 0 Å². The summed E-state index contributed by atoms with van der Waals surface area (Å²) in [4.78, 5) is 50.5. The number of fused-ring (bicyclic) bond motifs is 1. The molecular weight excluding hydrogens is 529 g/mol. The molecule has 2 aromatic rings. The highest BCUT2D eigenvalue weighted by molar-refractivity contribution is 7.18. The summed E-state index contributed by atoms with van der Waals surface area (Å²) in [6.45, 7) is 4.92. The van der Waals surface area contributed by atoms with E-state index in [1.54, 1.807) is 20.8 Å². The molecule has 1 saturated carbocycles. The standard InChI is InChI=1S/C21H26F5N5O5S/c1-10-12(9-30(16(27)33)28-17(34)36-19(2,3)4)37-15-13(10)14(32)31(11-7-20(22,23)8-11)18(35)29(15)6-5-21(24,25)26/h11H,5-9H2,1-4H3,(H2,27,33)(H,28,34). The number of halogens is 5. The Bertz CT molecular complexity index is 1330. The Balaban J connectivity index is 2.09. The van der Waals surface area contributed by atoms with E-state index in [4.69, 9.17) is 10.5 Å². The Labute approximate surface area is 210 Å². The van der Waals surface area contributed by atoms with Crippen molar-refractivity contribution < 1.29 is 36.3 Å². The summed E-state index contributed by atoms with van der Waals surface area (Å²) in [5.74, 6) is -3.09. The van der Waals surface area contributed by atoms with Gasteiger partial charge in [-0.1, -0.05) is 0 Å². The minimum absolute atomic E-state index is 0.115. The summed E-state index contributed by atoms with van der Waals surface area (Å²) < 4.78 is 72.3. The number of carbonyl (C=O) groups is 2. The van der Waals surface area contributed by atoms with Crippen molar-refractivity contribution >= 4 is 33.7 Å². The average molecular weight is 556 g/mol. The number of alkyl halides is 5. The fourth-order valence-corrected chi connectivity index (χ4v) is 5.16. The van der Waals surface area contributed by atoms with Crippen LogP contribution in [0.4, 0.5) is 31.5 Å². The maximum atomic E-state index is 13.5. The van der Waals surface area contributed by atoms with E-state index in [2.05, 4.69) is 5.43 Å². The predicted molar refractivity (Wildman–Crippen MR) is 123 cm³/mol. The molecule has 0 bridgehead atoms. The van der Waals surface area contributed by atoms with Gasteiger partial charge in [0, 0.05) is 24.3 Å². The number of nitrogens with one attached hydrogen (secondary N) is 1. The summed E-state index contributed by atoms with van der Waals surface area (Å²) in [7, 11) is 0. The first kappa shape index (κ1) is 28.4. The van der Waals surface area contributed by atoms with Crippen LogP contribution >= 0.6 is 11.3 Å². The number of rotatable bonds is 5. The summed E-state index contributed by atoms with van der Waals surface area (Å²) in [6, 6.07) is -2.28. The Hall–Kier alpha value is -3.17. The number of aryl methyl sites for hydroxylation is 2. The molecule has 10 nitrogen and oxygen atoms in total. The minimum atomic E-state index is -4.63. The molecular formula is C21H26F5N5O5S. The van der Waals surface area contributed by atoms with Gasteiger partial charge in [-0.2, -0.15) is 13.2 Å². The number of primary amides is 1. The van der Waals surface area contributed by atoms with Crippen molar-refractivity contribution in [2.24, 2.45) is 5.73 Å². The molecule has 0 saturated heterocycles. The van der Waals surface area contributed by atoms with E-state index in [1.165, 1.54) is 6.92 Å². The zero-order valence-corrected chi connectivity index (χ0v) is 21.2. The lowest BCUT2D eigenvalue weighted by atomic mass is 9.88. The molecule has 3 N–H and O–H groups in total. The molecule has 2 aromatic heterocycles. The topological polar surface area (TPSA) is 129 Å². The maximum absolute atomic E-state index is 13.5. The van der Waals surface area contributed by atoms with Crippen LogP contribution in [0.1, 0.15) is 56.5 Å². The number of nitrogens with zero attached hydrogens (tertiary/aromatic N) is 3. The number of hydrogen-bond acceptors (Lipinski definition) is 6. The molecule has 2 heterocycles. The zero-order valence-electron chi connectivity index (χ0n) is 20.4. The molecule has 0 aromatic carbocycles. The van der Waals surface area contributed by atoms with Gasteiger partial charge >= 0.3 is 24.0 Å².